The number of nitrogens with zero attached hydrogens (tertiary/aromatic N) is 3. The van der Waals surface area contributed by atoms with Crippen LogP contribution in [0.3, 0.4) is 0 Å². The molecule has 0 unspecified atom stereocenters. The number of amides is 2. The lowest BCUT2D eigenvalue weighted by Gasteiger charge is -2.25. The Balaban J connectivity index is 1.49. The maximum atomic E-state index is 12.8. The minimum atomic E-state index is -0.181. The molecule has 27 heavy (non-hydrogen) atoms. The van der Waals surface area contributed by atoms with Crippen LogP contribution < -0.4 is 5.32 Å². The summed E-state index contributed by atoms with van der Waals surface area (Å²) in [6, 6.07) is 15.0. The van der Waals surface area contributed by atoms with Gasteiger partial charge in [-0.1, -0.05) is 59.6 Å². The van der Waals surface area contributed by atoms with Crippen molar-refractivity contribution >= 4 is 45.9 Å². The van der Waals surface area contributed by atoms with Crippen molar-refractivity contribution in [3.05, 3.63) is 64.1 Å². The third kappa shape index (κ3) is 3.93. The molecular formula is C19H16Cl2N4OS. The van der Waals surface area contributed by atoms with Gasteiger partial charge in [-0.25, -0.2) is 4.79 Å². The van der Waals surface area contributed by atoms with Crippen LogP contribution in [0.5, 0.6) is 0 Å². The van der Waals surface area contributed by atoms with E-state index in [9.17, 15) is 4.79 Å². The molecule has 0 bridgehead atoms. The zero-order valence-corrected chi connectivity index (χ0v) is 16.6. The number of rotatable bonds is 3. The number of nitrogens with one attached hydrogen (secondary N) is 1. The first-order valence-corrected chi connectivity index (χ1v) is 10.1. The number of carbonyl (C=O) groups is 1. The zero-order chi connectivity index (χ0) is 18.8. The van der Waals surface area contributed by atoms with Crippen molar-refractivity contribution in [2.75, 3.05) is 11.9 Å². The highest BCUT2D eigenvalue weighted by atomic mass is 35.5. The lowest BCUT2D eigenvalue weighted by atomic mass is 10.0. The van der Waals surface area contributed by atoms with Gasteiger partial charge in [-0.05, 0) is 30.5 Å². The molecule has 4 rings (SSSR count). The number of anilines is 1. The van der Waals surface area contributed by atoms with Crippen molar-refractivity contribution < 1.29 is 4.79 Å². The summed E-state index contributed by atoms with van der Waals surface area (Å²) >= 11 is 13.3. The molecule has 1 aliphatic rings. The van der Waals surface area contributed by atoms with Gasteiger partial charge in [0.05, 0.1) is 16.1 Å². The van der Waals surface area contributed by atoms with Crippen LogP contribution >= 0.6 is 34.7 Å². The molecule has 1 atom stereocenters. The average Bonchev–Trinajstić information content (AvgIpc) is 3.34. The highest BCUT2D eigenvalue weighted by Crippen LogP contribution is 2.35. The van der Waals surface area contributed by atoms with E-state index in [0.29, 0.717) is 27.5 Å². The van der Waals surface area contributed by atoms with Crippen LogP contribution in [-0.4, -0.2) is 26.8 Å². The minimum Gasteiger partial charge on any atom is -0.317 e. The normalized spacial score (nSPS) is 16.5. The van der Waals surface area contributed by atoms with Crippen molar-refractivity contribution in [1.82, 2.24) is 14.3 Å². The van der Waals surface area contributed by atoms with E-state index in [4.69, 9.17) is 23.2 Å². The van der Waals surface area contributed by atoms with E-state index >= 15 is 0 Å². The van der Waals surface area contributed by atoms with Gasteiger partial charge in [0.25, 0.3) is 0 Å². The maximum absolute atomic E-state index is 12.8. The van der Waals surface area contributed by atoms with E-state index in [0.717, 1.165) is 24.0 Å². The Bertz CT molecular complexity index is 963. The first kappa shape index (κ1) is 18.2. The second-order valence-corrected chi connectivity index (χ2v) is 7.81. The Morgan fingerprint density at radius 2 is 1.96 bits per heavy atom. The molecular weight excluding hydrogens is 403 g/mol. The van der Waals surface area contributed by atoms with Gasteiger partial charge in [-0.2, -0.15) is 9.36 Å². The number of carbonyl (C=O) groups excluding carboxylic acids is 1. The molecule has 1 fully saturated rings. The van der Waals surface area contributed by atoms with E-state index < -0.39 is 0 Å². The molecule has 0 radical (unpaired) electrons. The van der Waals surface area contributed by atoms with Gasteiger partial charge in [-0.3, -0.25) is 5.32 Å². The largest absolute Gasteiger partial charge is 0.324 e. The summed E-state index contributed by atoms with van der Waals surface area (Å²) in [5, 5.41) is 4.37. The predicted octanol–water partition coefficient (Wildman–Crippen LogP) is 5.88. The first-order chi connectivity index (χ1) is 13.1. The Hall–Kier alpha value is -2.15. The van der Waals surface area contributed by atoms with E-state index in [2.05, 4.69) is 14.7 Å². The molecule has 2 aromatic carbocycles. The van der Waals surface area contributed by atoms with E-state index in [-0.39, 0.29) is 12.1 Å². The van der Waals surface area contributed by atoms with Crippen molar-refractivity contribution in [3.8, 4) is 11.4 Å². The highest BCUT2D eigenvalue weighted by molar-refractivity contribution is 7.10. The number of halogens is 2. The van der Waals surface area contributed by atoms with Gasteiger partial charge >= 0.3 is 6.03 Å². The van der Waals surface area contributed by atoms with E-state index in [1.807, 2.05) is 47.4 Å². The standard InChI is InChI=1S/C19H16Cl2N4OS/c20-14-9-8-13(11-15(14)21)16-7-4-10-25(16)19(26)23-18-22-17(24-27-18)12-5-2-1-3-6-12/h1-3,5-6,8-9,11,16H,4,7,10H2,(H,22,23,24,26)/t16-/m1/s1. The van der Waals surface area contributed by atoms with Crippen LogP contribution in [0.15, 0.2) is 48.5 Å². The van der Waals surface area contributed by atoms with Gasteiger partial charge in [0.2, 0.25) is 5.13 Å². The fraction of sp³-hybridized carbons (Fsp3) is 0.211. The van der Waals surface area contributed by atoms with Crippen LogP contribution in [0.25, 0.3) is 11.4 Å². The van der Waals surface area contributed by atoms with Crippen molar-refractivity contribution in [1.29, 1.82) is 0 Å². The van der Waals surface area contributed by atoms with Gasteiger partial charge in [-0.15, -0.1) is 0 Å². The summed E-state index contributed by atoms with van der Waals surface area (Å²) in [5.74, 6) is 0.610. The monoisotopic (exact) mass is 418 g/mol. The van der Waals surface area contributed by atoms with Crippen LogP contribution in [0.2, 0.25) is 10.0 Å². The molecule has 138 valence electrons. The molecule has 0 spiro atoms. The first-order valence-electron chi connectivity index (χ1n) is 8.53. The number of likely N-dealkylation sites (tertiary alicyclic amines) is 1. The summed E-state index contributed by atoms with van der Waals surface area (Å²) in [5.41, 5.74) is 1.91. The number of hydrogen-bond donors (Lipinski definition) is 1. The number of urea groups is 1. The van der Waals surface area contributed by atoms with Crippen LogP contribution in [0.4, 0.5) is 9.93 Å². The molecule has 1 N–H and O–H groups in total. The SMILES string of the molecule is O=C(Nc1nc(-c2ccccc2)ns1)N1CCC[C@@H]1c1ccc(Cl)c(Cl)c1. The molecule has 3 aromatic rings. The van der Waals surface area contributed by atoms with Gasteiger partial charge in [0.1, 0.15) is 0 Å². The fourth-order valence-corrected chi connectivity index (χ4v) is 4.10. The quantitative estimate of drug-likeness (QED) is 0.577. The summed E-state index contributed by atoms with van der Waals surface area (Å²) < 4.78 is 4.33. The van der Waals surface area contributed by atoms with Crippen LogP contribution in [-0.2, 0) is 0 Å². The average molecular weight is 419 g/mol. The highest BCUT2D eigenvalue weighted by Gasteiger charge is 2.30. The summed E-state index contributed by atoms with van der Waals surface area (Å²) in [6.45, 7) is 0.682. The van der Waals surface area contributed by atoms with Crippen molar-refractivity contribution in [2.45, 2.75) is 18.9 Å². The lowest BCUT2D eigenvalue weighted by Crippen LogP contribution is -2.34. The van der Waals surface area contributed by atoms with Gasteiger partial charge in [0, 0.05) is 23.6 Å². The molecule has 0 aliphatic carbocycles. The molecule has 1 aliphatic heterocycles. The van der Waals surface area contributed by atoms with Crippen LogP contribution in [0, 0.1) is 0 Å². The third-order valence-corrected chi connectivity index (χ3v) is 5.88. The predicted molar refractivity (Wildman–Crippen MR) is 110 cm³/mol. The lowest BCUT2D eigenvalue weighted by molar-refractivity contribution is 0.207. The molecule has 1 aromatic heterocycles. The minimum absolute atomic E-state index is 0.0266. The Kier molecular flexibility index (Phi) is 5.29. The van der Waals surface area contributed by atoms with Gasteiger partial charge in [0.15, 0.2) is 5.82 Å². The van der Waals surface area contributed by atoms with E-state index in [1.54, 1.807) is 6.07 Å². The third-order valence-electron chi connectivity index (χ3n) is 4.51. The second kappa shape index (κ2) is 7.84. The zero-order valence-electron chi connectivity index (χ0n) is 14.2. The fourth-order valence-electron chi connectivity index (χ4n) is 3.22. The van der Waals surface area contributed by atoms with Crippen LogP contribution in [0.1, 0.15) is 24.4 Å². The molecule has 0 saturated carbocycles. The molecule has 2 amide bonds. The van der Waals surface area contributed by atoms with Gasteiger partial charge < -0.3 is 4.90 Å². The summed E-state index contributed by atoms with van der Waals surface area (Å²) in [4.78, 5) is 19.0. The summed E-state index contributed by atoms with van der Waals surface area (Å²) in [6.07, 6.45) is 1.82. The number of aromatic nitrogens is 2. The molecule has 5 nitrogen and oxygen atoms in total. The molecule has 1 saturated heterocycles. The molecule has 8 heteroatoms. The Labute approximate surface area is 171 Å². The second-order valence-electron chi connectivity index (χ2n) is 6.24. The maximum Gasteiger partial charge on any atom is 0.324 e. The Morgan fingerprint density at radius 3 is 2.74 bits per heavy atom. The summed E-state index contributed by atoms with van der Waals surface area (Å²) in [7, 11) is 0. The van der Waals surface area contributed by atoms with Crippen molar-refractivity contribution in [3.63, 3.8) is 0 Å². The van der Waals surface area contributed by atoms with Crippen molar-refractivity contribution in [2.24, 2.45) is 0 Å². The number of benzene rings is 2. The van der Waals surface area contributed by atoms with E-state index in [1.165, 1.54) is 11.5 Å². The molecule has 2 heterocycles. The topological polar surface area (TPSA) is 58.1 Å². The smallest absolute Gasteiger partial charge is 0.317 e. The Morgan fingerprint density at radius 1 is 1.15 bits per heavy atom. The number of hydrogen-bond acceptors (Lipinski definition) is 4.